The van der Waals surface area contributed by atoms with Crippen LogP contribution in [0.15, 0.2) is 39.8 Å². The molecule has 0 aliphatic carbocycles. The van der Waals surface area contributed by atoms with Gasteiger partial charge >= 0.3 is 0 Å². The van der Waals surface area contributed by atoms with Gasteiger partial charge in [-0.2, -0.15) is 5.10 Å². The quantitative estimate of drug-likeness (QED) is 0.497. The summed E-state index contributed by atoms with van der Waals surface area (Å²) in [6.45, 7) is 0. The fourth-order valence-electron chi connectivity index (χ4n) is 1.73. The Morgan fingerprint density at radius 1 is 1.47 bits per heavy atom. The highest BCUT2D eigenvalue weighted by Gasteiger charge is 2.17. The zero-order chi connectivity index (χ0) is 13.8. The van der Waals surface area contributed by atoms with E-state index in [1.807, 2.05) is 7.05 Å². The summed E-state index contributed by atoms with van der Waals surface area (Å²) in [4.78, 5) is 1.000. The molecule has 1 aromatic carbocycles. The van der Waals surface area contributed by atoms with E-state index in [1.54, 1.807) is 34.8 Å². The number of benzene rings is 1. The fourth-order valence-corrected chi connectivity index (χ4v) is 3.29. The Bertz CT molecular complexity index is 524. The minimum atomic E-state index is -0.229. The van der Waals surface area contributed by atoms with E-state index >= 15 is 0 Å². The van der Waals surface area contributed by atoms with Crippen LogP contribution >= 0.6 is 27.7 Å². The number of hydrogen-bond acceptors (Lipinski definition) is 4. The van der Waals surface area contributed by atoms with Gasteiger partial charge in [0, 0.05) is 17.7 Å². The van der Waals surface area contributed by atoms with Gasteiger partial charge in [0.05, 0.1) is 22.4 Å². The van der Waals surface area contributed by atoms with E-state index in [-0.39, 0.29) is 11.9 Å². The minimum absolute atomic E-state index is 0.0445. The van der Waals surface area contributed by atoms with Crippen LogP contribution in [0.25, 0.3) is 0 Å². The molecule has 0 saturated carbocycles. The van der Waals surface area contributed by atoms with Gasteiger partial charge in [0.1, 0.15) is 5.82 Å². The molecule has 0 radical (unpaired) electrons. The van der Waals surface area contributed by atoms with Crippen molar-refractivity contribution in [3.63, 3.8) is 0 Å². The number of hydrogen-bond donors (Lipinski definition) is 2. The topological polar surface area (TPSA) is 55.9 Å². The molecule has 102 valence electrons. The first-order chi connectivity index (χ1) is 9.11. The molecule has 0 aliphatic heterocycles. The van der Waals surface area contributed by atoms with Crippen molar-refractivity contribution >= 4 is 27.7 Å². The van der Waals surface area contributed by atoms with Crippen molar-refractivity contribution < 1.29 is 4.39 Å². The molecule has 1 aromatic heterocycles. The monoisotopic (exact) mass is 344 g/mol. The molecular weight excluding hydrogens is 331 g/mol. The summed E-state index contributed by atoms with van der Waals surface area (Å²) in [6.07, 6.45) is 1.74. The first kappa shape index (κ1) is 14.5. The lowest BCUT2D eigenvalue weighted by molar-refractivity contribution is 0.552. The minimum Gasteiger partial charge on any atom is -0.271 e. The molecule has 0 bridgehead atoms. The second kappa shape index (κ2) is 6.51. The van der Waals surface area contributed by atoms with Gasteiger partial charge in [-0.15, -0.1) is 11.8 Å². The molecule has 7 heteroatoms. The summed E-state index contributed by atoms with van der Waals surface area (Å²) < 4.78 is 15.5. The largest absolute Gasteiger partial charge is 0.271 e. The SMILES string of the molecule is Cn1ncc(Br)c1C(CSc1ccc(F)cc1)NN. The van der Waals surface area contributed by atoms with E-state index in [0.717, 1.165) is 20.8 Å². The average Bonchev–Trinajstić information content (AvgIpc) is 2.73. The van der Waals surface area contributed by atoms with E-state index < -0.39 is 0 Å². The van der Waals surface area contributed by atoms with E-state index in [9.17, 15) is 4.39 Å². The third kappa shape index (κ3) is 3.56. The Morgan fingerprint density at radius 2 is 2.16 bits per heavy atom. The third-order valence-corrected chi connectivity index (χ3v) is 4.42. The van der Waals surface area contributed by atoms with Crippen LogP contribution in [0.3, 0.4) is 0 Å². The van der Waals surface area contributed by atoms with Crippen LogP contribution in [-0.4, -0.2) is 15.5 Å². The number of rotatable bonds is 5. The van der Waals surface area contributed by atoms with Gasteiger partial charge in [-0.3, -0.25) is 16.0 Å². The Labute approximate surface area is 123 Å². The van der Waals surface area contributed by atoms with Crippen LogP contribution in [0.5, 0.6) is 0 Å². The van der Waals surface area contributed by atoms with Gasteiger partial charge in [0.15, 0.2) is 0 Å². The molecule has 2 rings (SSSR count). The van der Waals surface area contributed by atoms with Gasteiger partial charge < -0.3 is 0 Å². The predicted molar refractivity (Wildman–Crippen MR) is 78.1 cm³/mol. The molecule has 19 heavy (non-hydrogen) atoms. The first-order valence-corrected chi connectivity index (χ1v) is 7.41. The van der Waals surface area contributed by atoms with E-state index in [0.29, 0.717) is 0 Å². The van der Waals surface area contributed by atoms with Crippen LogP contribution < -0.4 is 11.3 Å². The molecule has 1 heterocycles. The molecule has 0 aliphatic rings. The van der Waals surface area contributed by atoms with Crippen molar-refractivity contribution in [3.05, 3.63) is 46.4 Å². The third-order valence-electron chi connectivity index (χ3n) is 2.70. The number of nitrogens with zero attached hydrogens (tertiary/aromatic N) is 2. The van der Waals surface area contributed by atoms with E-state index in [1.165, 1.54) is 12.1 Å². The standard InChI is InChI=1S/C12H14BrFN4S/c1-18-12(10(13)6-16-18)11(17-15)7-19-9-4-2-8(14)3-5-9/h2-6,11,17H,7,15H2,1H3. The summed E-state index contributed by atoms with van der Waals surface area (Å²) in [7, 11) is 1.87. The molecule has 2 aromatic rings. The molecule has 1 atom stereocenters. The van der Waals surface area contributed by atoms with Crippen molar-refractivity contribution in [2.45, 2.75) is 10.9 Å². The number of nitrogens with one attached hydrogen (secondary N) is 1. The van der Waals surface area contributed by atoms with Crippen molar-refractivity contribution in [1.29, 1.82) is 0 Å². The molecule has 3 N–H and O–H groups in total. The maximum atomic E-state index is 12.8. The van der Waals surface area contributed by atoms with Crippen molar-refractivity contribution in [2.75, 3.05) is 5.75 Å². The van der Waals surface area contributed by atoms with Crippen molar-refractivity contribution in [2.24, 2.45) is 12.9 Å². The van der Waals surface area contributed by atoms with Gasteiger partial charge in [-0.1, -0.05) is 0 Å². The summed E-state index contributed by atoms with van der Waals surface area (Å²) in [5, 5.41) is 4.17. The molecule has 0 amide bonds. The second-order valence-electron chi connectivity index (χ2n) is 3.99. The Hall–Kier alpha value is -0.890. The molecule has 4 nitrogen and oxygen atoms in total. The highest BCUT2D eigenvalue weighted by Crippen LogP contribution is 2.28. The van der Waals surface area contributed by atoms with Crippen molar-refractivity contribution in [1.82, 2.24) is 15.2 Å². The normalized spacial score (nSPS) is 12.6. The van der Waals surface area contributed by atoms with Crippen LogP contribution in [0.1, 0.15) is 11.7 Å². The molecule has 0 saturated heterocycles. The summed E-state index contributed by atoms with van der Waals surface area (Å²) >= 11 is 5.06. The lowest BCUT2D eigenvalue weighted by Crippen LogP contribution is -2.31. The maximum Gasteiger partial charge on any atom is 0.123 e. The highest BCUT2D eigenvalue weighted by atomic mass is 79.9. The van der Waals surface area contributed by atoms with Gasteiger partial charge in [-0.25, -0.2) is 4.39 Å². The predicted octanol–water partition coefficient (Wildman–Crippen LogP) is 2.62. The molecule has 0 fully saturated rings. The lowest BCUT2D eigenvalue weighted by Gasteiger charge is -2.16. The van der Waals surface area contributed by atoms with Crippen LogP contribution in [0, 0.1) is 5.82 Å². The Morgan fingerprint density at radius 3 is 2.68 bits per heavy atom. The summed E-state index contributed by atoms with van der Waals surface area (Å²) in [6, 6.07) is 6.37. The van der Waals surface area contributed by atoms with Gasteiger partial charge in [-0.05, 0) is 40.2 Å². The van der Waals surface area contributed by atoms with Crippen LogP contribution in [0.4, 0.5) is 4.39 Å². The number of thioether (sulfide) groups is 1. The number of aromatic nitrogens is 2. The Kier molecular flexibility index (Phi) is 4.98. The number of halogens is 2. The first-order valence-electron chi connectivity index (χ1n) is 5.63. The second-order valence-corrected chi connectivity index (χ2v) is 5.93. The zero-order valence-electron chi connectivity index (χ0n) is 10.3. The van der Waals surface area contributed by atoms with E-state index in [2.05, 4.69) is 26.5 Å². The van der Waals surface area contributed by atoms with Crippen molar-refractivity contribution in [3.8, 4) is 0 Å². The number of hydrazine groups is 1. The van der Waals surface area contributed by atoms with E-state index in [4.69, 9.17) is 5.84 Å². The van der Waals surface area contributed by atoms with Crippen LogP contribution in [-0.2, 0) is 7.05 Å². The fraction of sp³-hybridized carbons (Fsp3) is 0.250. The maximum absolute atomic E-state index is 12.8. The number of aryl methyl sites for hydroxylation is 1. The summed E-state index contributed by atoms with van der Waals surface area (Å²) in [5.41, 5.74) is 3.77. The molecular formula is C12H14BrFN4S. The molecule has 1 unspecified atom stereocenters. The summed E-state index contributed by atoms with van der Waals surface area (Å²) in [5.74, 6) is 6.10. The van der Waals surface area contributed by atoms with Gasteiger partial charge in [0.2, 0.25) is 0 Å². The van der Waals surface area contributed by atoms with Crippen LogP contribution in [0.2, 0.25) is 0 Å². The highest BCUT2D eigenvalue weighted by molar-refractivity contribution is 9.10. The zero-order valence-corrected chi connectivity index (χ0v) is 12.7. The van der Waals surface area contributed by atoms with Gasteiger partial charge in [0.25, 0.3) is 0 Å². The number of nitrogens with two attached hydrogens (primary N) is 1. The lowest BCUT2D eigenvalue weighted by atomic mass is 10.2. The smallest absolute Gasteiger partial charge is 0.123 e. The molecule has 0 spiro atoms. The Balaban J connectivity index is 2.06. The average molecular weight is 345 g/mol.